The van der Waals surface area contributed by atoms with Gasteiger partial charge >= 0.3 is 11.9 Å². The lowest BCUT2D eigenvalue weighted by Crippen LogP contribution is -2.30. The Morgan fingerprint density at radius 1 is 1.12 bits per heavy atom. The summed E-state index contributed by atoms with van der Waals surface area (Å²) in [6.45, 7) is 5.20. The molecule has 0 radical (unpaired) electrons. The predicted octanol–water partition coefficient (Wildman–Crippen LogP) is 2.90. The molecule has 1 fully saturated rings. The van der Waals surface area contributed by atoms with Crippen molar-refractivity contribution in [2.75, 3.05) is 18.1 Å². The first-order chi connectivity index (χ1) is 11.4. The van der Waals surface area contributed by atoms with E-state index in [9.17, 15) is 9.59 Å². The number of nitrogens with one attached hydrogen (secondary N) is 1. The van der Waals surface area contributed by atoms with E-state index < -0.39 is 0 Å². The number of nitrogens with two attached hydrogens (primary N) is 1. The Balaban J connectivity index is 1.87. The maximum Gasteiger partial charge on any atom is 0.338 e. The van der Waals surface area contributed by atoms with Crippen LogP contribution >= 0.6 is 0 Å². The van der Waals surface area contributed by atoms with E-state index in [0.717, 1.165) is 5.69 Å². The molecular formula is C18H24N2O4. The van der Waals surface area contributed by atoms with Crippen molar-refractivity contribution in [1.82, 2.24) is 0 Å². The Morgan fingerprint density at radius 2 is 1.71 bits per heavy atom. The predicted molar refractivity (Wildman–Crippen MR) is 92.8 cm³/mol. The van der Waals surface area contributed by atoms with Gasteiger partial charge in [0.1, 0.15) is 12.2 Å². The van der Waals surface area contributed by atoms with Crippen molar-refractivity contribution in [3.8, 4) is 0 Å². The van der Waals surface area contributed by atoms with Crippen LogP contribution in [0.4, 0.5) is 11.4 Å². The summed E-state index contributed by atoms with van der Waals surface area (Å²) in [6.07, 6.45) is 2.39. The Bertz CT molecular complexity index is 634. The zero-order valence-electron chi connectivity index (χ0n) is 14.1. The van der Waals surface area contributed by atoms with E-state index in [2.05, 4.69) is 11.9 Å². The molecule has 1 aromatic carbocycles. The number of hydrogen-bond donors (Lipinski definition) is 2. The maximum absolute atomic E-state index is 12.3. The van der Waals surface area contributed by atoms with Crippen LogP contribution in [-0.2, 0) is 14.3 Å². The van der Waals surface area contributed by atoms with E-state index >= 15 is 0 Å². The SMILES string of the molecule is C=C(C)C(=O)OC1CCC(OC(=O)c2cc(N)cc(NC)c2)CC1. The number of rotatable bonds is 5. The highest BCUT2D eigenvalue weighted by Gasteiger charge is 2.26. The molecule has 130 valence electrons. The van der Waals surface area contributed by atoms with Gasteiger partial charge in [-0.05, 0) is 50.8 Å². The van der Waals surface area contributed by atoms with Crippen molar-refractivity contribution in [3.63, 3.8) is 0 Å². The summed E-state index contributed by atoms with van der Waals surface area (Å²) in [4.78, 5) is 23.8. The summed E-state index contributed by atoms with van der Waals surface area (Å²) in [7, 11) is 1.76. The first kappa shape index (κ1) is 17.8. The minimum absolute atomic E-state index is 0.132. The monoisotopic (exact) mass is 332 g/mol. The van der Waals surface area contributed by atoms with Crippen LogP contribution in [0.3, 0.4) is 0 Å². The molecular weight excluding hydrogens is 308 g/mol. The van der Waals surface area contributed by atoms with Gasteiger partial charge < -0.3 is 20.5 Å². The molecule has 0 bridgehead atoms. The molecule has 0 atom stereocenters. The van der Waals surface area contributed by atoms with Crippen LogP contribution in [0.15, 0.2) is 30.4 Å². The van der Waals surface area contributed by atoms with Crippen LogP contribution < -0.4 is 11.1 Å². The van der Waals surface area contributed by atoms with Crippen LogP contribution in [-0.4, -0.2) is 31.2 Å². The van der Waals surface area contributed by atoms with Gasteiger partial charge in [-0.25, -0.2) is 9.59 Å². The number of nitrogen functional groups attached to an aromatic ring is 1. The summed E-state index contributed by atoms with van der Waals surface area (Å²) >= 11 is 0. The fourth-order valence-corrected chi connectivity index (χ4v) is 2.65. The van der Waals surface area contributed by atoms with Crippen molar-refractivity contribution in [3.05, 3.63) is 35.9 Å². The highest BCUT2D eigenvalue weighted by atomic mass is 16.6. The standard InChI is InChI=1S/C18H24N2O4/c1-11(2)17(21)23-15-4-6-16(7-5-15)24-18(22)12-8-13(19)10-14(9-12)20-3/h8-10,15-16,20H,1,4-7,19H2,2-3H3. The fourth-order valence-electron chi connectivity index (χ4n) is 2.65. The van der Waals surface area contributed by atoms with Crippen molar-refractivity contribution in [1.29, 1.82) is 0 Å². The van der Waals surface area contributed by atoms with Crippen LogP contribution in [0.25, 0.3) is 0 Å². The van der Waals surface area contributed by atoms with E-state index in [4.69, 9.17) is 15.2 Å². The molecule has 0 aliphatic heterocycles. The molecule has 0 aromatic heterocycles. The van der Waals surface area contributed by atoms with Gasteiger partial charge in [-0.1, -0.05) is 6.58 Å². The van der Waals surface area contributed by atoms with Crippen LogP contribution in [0.2, 0.25) is 0 Å². The second kappa shape index (κ2) is 7.86. The number of hydrogen-bond acceptors (Lipinski definition) is 6. The summed E-state index contributed by atoms with van der Waals surface area (Å²) in [5.74, 6) is -0.754. The minimum Gasteiger partial charge on any atom is -0.459 e. The van der Waals surface area contributed by atoms with Gasteiger partial charge in [0.05, 0.1) is 5.56 Å². The third-order valence-electron chi connectivity index (χ3n) is 4.00. The van der Waals surface area contributed by atoms with Gasteiger partial charge in [0, 0.05) is 24.0 Å². The Morgan fingerprint density at radius 3 is 2.25 bits per heavy atom. The lowest BCUT2D eigenvalue weighted by Gasteiger charge is -2.28. The molecule has 1 aliphatic rings. The van der Waals surface area contributed by atoms with Crippen molar-refractivity contribution in [2.24, 2.45) is 0 Å². The molecule has 6 heteroatoms. The molecule has 6 nitrogen and oxygen atoms in total. The fraction of sp³-hybridized carbons (Fsp3) is 0.444. The van der Waals surface area contributed by atoms with Gasteiger partial charge in [0.2, 0.25) is 0 Å². The first-order valence-corrected chi connectivity index (χ1v) is 8.05. The van der Waals surface area contributed by atoms with Crippen molar-refractivity contribution in [2.45, 2.75) is 44.8 Å². The third kappa shape index (κ3) is 4.75. The minimum atomic E-state index is -0.388. The average molecular weight is 332 g/mol. The highest BCUT2D eigenvalue weighted by molar-refractivity contribution is 5.92. The molecule has 1 aliphatic carbocycles. The molecule has 1 saturated carbocycles. The number of ether oxygens (including phenoxy) is 2. The lowest BCUT2D eigenvalue weighted by molar-refractivity contribution is -0.146. The normalized spacial score (nSPS) is 20.1. The topological polar surface area (TPSA) is 90.7 Å². The molecule has 0 spiro atoms. The lowest BCUT2D eigenvalue weighted by atomic mass is 9.95. The van der Waals surface area contributed by atoms with Gasteiger partial charge in [0.15, 0.2) is 0 Å². The number of esters is 2. The molecule has 1 aromatic rings. The van der Waals surface area contributed by atoms with Crippen LogP contribution in [0.5, 0.6) is 0 Å². The molecule has 0 saturated heterocycles. The van der Waals surface area contributed by atoms with E-state index in [0.29, 0.717) is 42.5 Å². The second-order valence-electron chi connectivity index (χ2n) is 6.08. The second-order valence-corrected chi connectivity index (χ2v) is 6.08. The highest BCUT2D eigenvalue weighted by Crippen LogP contribution is 2.25. The number of carbonyl (C=O) groups excluding carboxylic acids is 2. The van der Waals surface area contributed by atoms with E-state index in [1.807, 2.05) is 0 Å². The van der Waals surface area contributed by atoms with Gasteiger partial charge in [-0.3, -0.25) is 0 Å². The summed E-state index contributed by atoms with van der Waals surface area (Å²) in [6, 6.07) is 5.06. The van der Waals surface area contributed by atoms with Gasteiger partial charge in [-0.15, -0.1) is 0 Å². The van der Waals surface area contributed by atoms with E-state index in [1.54, 1.807) is 32.2 Å². The van der Waals surface area contributed by atoms with Gasteiger partial charge in [-0.2, -0.15) is 0 Å². The largest absolute Gasteiger partial charge is 0.459 e. The van der Waals surface area contributed by atoms with Crippen LogP contribution in [0, 0.1) is 0 Å². The first-order valence-electron chi connectivity index (χ1n) is 8.05. The summed E-state index contributed by atoms with van der Waals surface area (Å²) < 4.78 is 10.9. The number of carbonyl (C=O) groups is 2. The molecule has 0 heterocycles. The van der Waals surface area contributed by atoms with E-state index in [-0.39, 0.29) is 24.1 Å². The van der Waals surface area contributed by atoms with Crippen molar-refractivity contribution >= 4 is 23.3 Å². The zero-order valence-corrected chi connectivity index (χ0v) is 14.1. The Kier molecular flexibility index (Phi) is 5.84. The average Bonchev–Trinajstić information content (AvgIpc) is 2.55. The molecule has 3 N–H and O–H groups in total. The summed E-state index contributed by atoms with van der Waals surface area (Å²) in [5, 5.41) is 2.96. The Hall–Kier alpha value is -2.50. The maximum atomic E-state index is 12.3. The van der Waals surface area contributed by atoms with Gasteiger partial charge in [0.25, 0.3) is 0 Å². The molecule has 2 rings (SSSR count). The van der Waals surface area contributed by atoms with E-state index in [1.165, 1.54) is 0 Å². The molecule has 24 heavy (non-hydrogen) atoms. The Labute approximate surface area is 142 Å². The van der Waals surface area contributed by atoms with Crippen molar-refractivity contribution < 1.29 is 19.1 Å². The molecule has 0 amide bonds. The third-order valence-corrected chi connectivity index (χ3v) is 4.00. The molecule has 0 unspecified atom stereocenters. The quantitative estimate of drug-likeness (QED) is 0.489. The number of benzene rings is 1. The summed E-state index contributed by atoms with van der Waals surface area (Å²) in [5.41, 5.74) is 7.88. The zero-order chi connectivity index (χ0) is 17.7. The number of anilines is 2. The van der Waals surface area contributed by atoms with Crippen LogP contribution in [0.1, 0.15) is 43.0 Å². The smallest absolute Gasteiger partial charge is 0.338 e.